The van der Waals surface area contributed by atoms with Crippen molar-refractivity contribution < 1.29 is 0 Å². The molecule has 0 aliphatic heterocycles. The van der Waals surface area contributed by atoms with Gasteiger partial charge in [-0.05, 0) is 48.6 Å². The van der Waals surface area contributed by atoms with Gasteiger partial charge in [0.1, 0.15) is 0 Å². The minimum absolute atomic E-state index is 0.00676. The standard InChI is InChI=1S/C15H21Cl2N/c1-15(2)8-6-10(7-9-15)14(18)11-4-3-5-12(16)13(11)17/h3-5,10,14H,6-9,18H2,1-2H3. The van der Waals surface area contributed by atoms with E-state index in [1.165, 1.54) is 25.7 Å². The fraction of sp³-hybridized carbons (Fsp3) is 0.600. The zero-order valence-electron chi connectivity index (χ0n) is 11.0. The second kappa shape index (κ2) is 5.40. The molecule has 1 fully saturated rings. The van der Waals surface area contributed by atoms with Crippen LogP contribution >= 0.6 is 23.2 Å². The van der Waals surface area contributed by atoms with Crippen molar-refractivity contribution in [3.05, 3.63) is 33.8 Å². The maximum absolute atomic E-state index is 6.38. The normalized spacial score (nSPS) is 21.8. The van der Waals surface area contributed by atoms with Crippen molar-refractivity contribution in [1.29, 1.82) is 0 Å². The first-order chi connectivity index (χ1) is 8.41. The van der Waals surface area contributed by atoms with Crippen molar-refractivity contribution in [2.24, 2.45) is 17.1 Å². The van der Waals surface area contributed by atoms with Crippen LogP contribution in [0.25, 0.3) is 0 Å². The summed E-state index contributed by atoms with van der Waals surface area (Å²) >= 11 is 12.3. The summed E-state index contributed by atoms with van der Waals surface area (Å²) in [6.07, 6.45) is 4.83. The Morgan fingerprint density at radius 2 is 1.83 bits per heavy atom. The number of rotatable bonds is 2. The Morgan fingerprint density at radius 3 is 2.44 bits per heavy atom. The largest absolute Gasteiger partial charge is 0.324 e. The van der Waals surface area contributed by atoms with Crippen LogP contribution in [0.4, 0.5) is 0 Å². The lowest BCUT2D eigenvalue weighted by Gasteiger charge is -2.37. The molecular weight excluding hydrogens is 265 g/mol. The Kier molecular flexibility index (Phi) is 4.25. The molecule has 2 rings (SSSR count). The lowest BCUT2D eigenvalue weighted by atomic mass is 9.70. The van der Waals surface area contributed by atoms with E-state index in [1.807, 2.05) is 18.2 Å². The summed E-state index contributed by atoms with van der Waals surface area (Å²) in [5, 5.41) is 1.22. The highest BCUT2D eigenvalue weighted by Gasteiger charge is 2.31. The van der Waals surface area contributed by atoms with Crippen LogP contribution in [0.1, 0.15) is 51.1 Å². The Morgan fingerprint density at radius 1 is 1.22 bits per heavy atom. The minimum atomic E-state index is 0.00676. The van der Waals surface area contributed by atoms with Gasteiger partial charge in [-0.3, -0.25) is 0 Å². The summed E-state index contributed by atoms with van der Waals surface area (Å²) < 4.78 is 0. The van der Waals surface area contributed by atoms with E-state index in [2.05, 4.69) is 13.8 Å². The Bertz CT molecular complexity index is 419. The van der Waals surface area contributed by atoms with E-state index >= 15 is 0 Å². The van der Waals surface area contributed by atoms with E-state index in [4.69, 9.17) is 28.9 Å². The van der Waals surface area contributed by atoms with Gasteiger partial charge in [0.2, 0.25) is 0 Å². The van der Waals surface area contributed by atoms with Gasteiger partial charge in [-0.2, -0.15) is 0 Å². The first-order valence-corrected chi connectivity index (χ1v) is 7.36. The van der Waals surface area contributed by atoms with Crippen molar-refractivity contribution in [3.8, 4) is 0 Å². The van der Waals surface area contributed by atoms with Gasteiger partial charge in [0.25, 0.3) is 0 Å². The average molecular weight is 286 g/mol. The molecule has 1 nitrogen and oxygen atoms in total. The topological polar surface area (TPSA) is 26.0 Å². The van der Waals surface area contributed by atoms with Crippen molar-refractivity contribution in [1.82, 2.24) is 0 Å². The smallest absolute Gasteiger partial charge is 0.0640 e. The van der Waals surface area contributed by atoms with E-state index in [0.29, 0.717) is 21.4 Å². The summed E-state index contributed by atoms with van der Waals surface area (Å²) in [5.41, 5.74) is 7.85. The third-order valence-corrected chi connectivity index (χ3v) is 5.07. The van der Waals surface area contributed by atoms with Crippen LogP contribution in [0.3, 0.4) is 0 Å². The van der Waals surface area contributed by atoms with E-state index < -0.39 is 0 Å². The molecular formula is C15H21Cl2N. The van der Waals surface area contributed by atoms with Crippen LogP contribution < -0.4 is 5.73 Å². The Balaban J connectivity index is 2.12. The van der Waals surface area contributed by atoms with Crippen LogP contribution in [-0.4, -0.2) is 0 Å². The Labute approximate surface area is 120 Å². The molecule has 1 aliphatic rings. The number of benzene rings is 1. The predicted octanol–water partition coefficient (Wildman–Crippen LogP) is 5.21. The first kappa shape index (κ1) is 14.2. The van der Waals surface area contributed by atoms with Crippen molar-refractivity contribution >= 4 is 23.2 Å². The summed E-state index contributed by atoms with van der Waals surface area (Å²) in [7, 11) is 0. The maximum atomic E-state index is 6.38. The number of nitrogens with two attached hydrogens (primary N) is 1. The minimum Gasteiger partial charge on any atom is -0.324 e. The van der Waals surface area contributed by atoms with Crippen LogP contribution in [0, 0.1) is 11.3 Å². The van der Waals surface area contributed by atoms with Crippen LogP contribution in [0.2, 0.25) is 10.0 Å². The SMILES string of the molecule is CC1(C)CCC(C(N)c2cccc(Cl)c2Cl)CC1. The number of hydrogen-bond acceptors (Lipinski definition) is 1. The van der Waals surface area contributed by atoms with Crippen LogP contribution in [0.5, 0.6) is 0 Å². The molecule has 1 saturated carbocycles. The Hall–Kier alpha value is -0.240. The highest BCUT2D eigenvalue weighted by atomic mass is 35.5. The molecule has 1 aromatic rings. The summed E-state index contributed by atoms with van der Waals surface area (Å²) in [4.78, 5) is 0. The van der Waals surface area contributed by atoms with E-state index in [1.54, 1.807) is 0 Å². The lowest BCUT2D eigenvalue weighted by molar-refractivity contribution is 0.173. The van der Waals surface area contributed by atoms with Gasteiger partial charge in [0, 0.05) is 6.04 Å². The third kappa shape index (κ3) is 3.01. The molecule has 2 N–H and O–H groups in total. The fourth-order valence-electron chi connectivity index (χ4n) is 2.81. The molecule has 0 heterocycles. The zero-order valence-corrected chi connectivity index (χ0v) is 12.6. The molecule has 1 aromatic carbocycles. The maximum Gasteiger partial charge on any atom is 0.0640 e. The van der Waals surface area contributed by atoms with Crippen molar-refractivity contribution in [2.75, 3.05) is 0 Å². The molecule has 1 unspecified atom stereocenters. The van der Waals surface area contributed by atoms with Gasteiger partial charge in [-0.25, -0.2) is 0 Å². The zero-order chi connectivity index (χ0) is 13.3. The van der Waals surface area contributed by atoms with Gasteiger partial charge in [-0.15, -0.1) is 0 Å². The summed E-state index contributed by atoms with van der Waals surface area (Å²) in [5.74, 6) is 0.522. The summed E-state index contributed by atoms with van der Waals surface area (Å²) in [6.45, 7) is 4.67. The molecule has 1 aliphatic carbocycles. The number of hydrogen-bond donors (Lipinski definition) is 1. The molecule has 3 heteroatoms. The molecule has 18 heavy (non-hydrogen) atoms. The average Bonchev–Trinajstić information content (AvgIpc) is 2.32. The molecule has 100 valence electrons. The highest BCUT2D eigenvalue weighted by molar-refractivity contribution is 6.42. The van der Waals surface area contributed by atoms with Gasteiger partial charge in [-0.1, -0.05) is 49.2 Å². The second-order valence-corrected chi connectivity index (χ2v) is 6.96. The molecule has 0 aromatic heterocycles. The molecule has 0 bridgehead atoms. The van der Waals surface area contributed by atoms with Gasteiger partial charge in [0.15, 0.2) is 0 Å². The van der Waals surface area contributed by atoms with E-state index in [0.717, 1.165) is 5.56 Å². The molecule has 0 saturated heterocycles. The van der Waals surface area contributed by atoms with E-state index in [-0.39, 0.29) is 6.04 Å². The number of halogens is 2. The lowest BCUT2D eigenvalue weighted by Crippen LogP contribution is -2.29. The van der Waals surface area contributed by atoms with E-state index in [9.17, 15) is 0 Å². The first-order valence-electron chi connectivity index (χ1n) is 6.60. The molecule has 0 amide bonds. The van der Waals surface area contributed by atoms with Crippen LogP contribution in [-0.2, 0) is 0 Å². The molecule has 0 radical (unpaired) electrons. The van der Waals surface area contributed by atoms with Gasteiger partial charge in [0.05, 0.1) is 10.0 Å². The highest BCUT2D eigenvalue weighted by Crippen LogP contribution is 2.43. The predicted molar refractivity (Wildman–Crippen MR) is 79.1 cm³/mol. The molecule has 0 spiro atoms. The quantitative estimate of drug-likeness (QED) is 0.793. The van der Waals surface area contributed by atoms with Gasteiger partial charge >= 0.3 is 0 Å². The summed E-state index contributed by atoms with van der Waals surface area (Å²) in [6, 6.07) is 5.74. The molecule has 1 atom stereocenters. The monoisotopic (exact) mass is 285 g/mol. The van der Waals surface area contributed by atoms with Crippen LogP contribution in [0.15, 0.2) is 18.2 Å². The van der Waals surface area contributed by atoms with Gasteiger partial charge < -0.3 is 5.73 Å². The fourth-order valence-corrected chi connectivity index (χ4v) is 3.25. The third-order valence-electron chi connectivity index (χ3n) is 4.23. The van der Waals surface area contributed by atoms with Crippen molar-refractivity contribution in [3.63, 3.8) is 0 Å². The second-order valence-electron chi connectivity index (χ2n) is 6.17. The van der Waals surface area contributed by atoms with Crippen molar-refractivity contribution in [2.45, 2.75) is 45.6 Å².